The van der Waals surface area contributed by atoms with Crippen molar-refractivity contribution in [3.8, 4) is 0 Å². The largest absolute Gasteiger partial charge is 0.338 e. The van der Waals surface area contributed by atoms with Crippen molar-refractivity contribution in [3.63, 3.8) is 0 Å². The van der Waals surface area contributed by atoms with Crippen molar-refractivity contribution in [2.45, 2.75) is 45.7 Å². The molecule has 0 amide bonds. The van der Waals surface area contributed by atoms with Crippen LogP contribution in [-0.2, 0) is 6.54 Å². The van der Waals surface area contributed by atoms with E-state index in [9.17, 15) is 0 Å². The minimum Gasteiger partial charge on any atom is -0.338 e. The first-order valence-corrected chi connectivity index (χ1v) is 6.53. The summed E-state index contributed by atoms with van der Waals surface area (Å²) in [5.41, 5.74) is 0. The summed E-state index contributed by atoms with van der Waals surface area (Å²) >= 11 is 0. The monoisotopic (exact) mass is 238 g/mol. The average molecular weight is 238 g/mol. The highest BCUT2D eigenvalue weighted by Gasteiger charge is 2.23. The first kappa shape index (κ1) is 12.5. The van der Waals surface area contributed by atoms with Crippen molar-refractivity contribution in [1.29, 1.82) is 0 Å². The summed E-state index contributed by atoms with van der Waals surface area (Å²) in [6.07, 6.45) is 3.87. The summed E-state index contributed by atoms with van der Waals surface area (Å²) in [5.74, 6) is 1.46. The van der Waals surface area contributed by atoms with E-state index >= 15 is 0 Å². The van der Waals surface area contributed by atoms with Crippen LogP contribution in [0.25, 0.3) is 0 Å². The van der Waals surface area contributed by atoms with Gasteiger partial charge in [-0.05, 0) is 32.9 Å². The fraction of sp³-hybridized carbons (Fsp3) is 0.833. The van der Waals surface area contributed by atoms with Gasteiger partial charge in [0.25, 0.3) is 0 Å². The second-order valence-corrected chi connectivity index (χ2v) is 4.66. The van der Waals surface area contributed by atoms with Gasteiger partial charge in [0, 0.05) is 12.6 Å². The number of rotatable bonds is 5. The van der Waals surface area contributed by atoms with Gasteiger partial charge in [0.15, 0.2) is 5.82 Å². The van der Waals surface area contributed by atoms with Gasteiger partial charge < -0.3 is 9.84 Å². The molecule has 5 heteroatoms. The third-order valence-corrected chi connectivity index (χ3v) is 3.29. The minimum atomic E-state index is 0.607. The molecule has 1 N–H and O–H groups in total. The average Bonchev–Trinajstić information content (AvgIpc) is 2.74. The molecule has 0 bridgehead atoms. The maximum absolute atomic E-state index is 5.20. The molecule has 0 saturated carbocycles. The predicted molar refractivity (Wildman–Crippen MR) is 65.6 cm³/mol. The number of likely N-dealkylation sites (tertiary alicyclic amines) is 1. The normalized spacial score (nSPS) is 21.9. The van der Waals surface area contributed by atoms with Crippen LogP contribution in [0, 0.1) is 6.92 Å². The maximum Gasteiger partial charge on any atom is 0.240 e. The molecular weight excluding hydrogens is 216 g/mol. The van der Waals surface area contributed by atoms with Crippen molar-refractivity contribution in [2.75, 3.05) is 19.6 Å². The van der Waals surface area contributed by atoms with Crippen molar-refractivity contribution in [2.24, 2.45) is 0 Å². The first-order chi connectivity index (χ1) is 8.29. The molecule has 0 spiro atoms. The zero-order chi connectivity index (χ0) is 12.1. The highest BCUT2D eigenvalue weighted by molar-refractivity contribution is 4.86. The number of hydrogen-bond donors (Lipinski definition) is 1. The van der Waals surface area contributed by atoms with Crippen LogP contribution in [0.4, 0.5) is 0 Å². The van der Waals surface area contributed by atoms with Crippen LogP contribution in [0.5, 0.6) is 0 Å². The summed E-state index contributed by atoms with van der Waals surface area (Å²) < 4.78 is 5.20. The molecule has 0 radical (unpaired) electrons. The standard InChI is InChI=1S/C12H22N4O/c1-3-13-8-11-6-4-5-7-16(11)9-12-14-10(2)15-17-12/h11,13H,3-9H2,1-2H3. The van der Waals surface area contributed by atoms with Gasteiger partial charge in [0.05, 0.1) is 6.54 Å². The van der Waals surface area contributed by atoms with E-state index in [0.717, 1.165) is 37.9 Å². The molecule has 1 aromatic heterocycles. The number of piperidine rings is 1. The molecule has 2 heterocycles. The van der Waals surface area contributed by atoms with E-state index in [2.05, 4.69) is 27.3 Å². The van der Waals surface area contributed by atoms with E-state index in [0.29, 0.717) is 6.04 Å². The maximum atomic E-state index is 5.20. The molecule has 2 rings (SSSR count). The summed E-state index contributed by atoms with van der Waals surface area (Å²) in [7, 11) is 0. The third kappa shape index (κ3) is 3.51. The lowest BCUT2D eigenvalue weighted by molar-refractivity contribution is 0.122. The molecule has 1 saturated heterocycles. The number of aryl methyl sites for hydroxylation is 1. The van der Waals surface area contributed by atoms with Crippen LogP contribution in [0.15, 0.2) is 4.52 Å². The zero-order valence-corrected chi connectivity index (χ0v) is 10.8. The Balaban J connectivity index is 1.91. The van der Waals surface area contributed by atoms with Crippen molar-refractivity contribution in [1.82, 2.24) is 20.4 Å². The lowest BCUT2D eigenvalue weighted by Gasteiger charge is -2.34. The van der Waals surface area contributed by atoms with Crippen LogP contribution in [0.1, 0.15) is 37.9 Å². The highest BCUT2D eigenvalue weighted by atomic mass is 16.5. The van der Waals surface area contributed by atoms with E-state index in [4.69, 9.17) is 4.52 Å². The number of aromatic nitrogens is 2. The van der Waals surface area contributed by atoms with Gasteiger partial charge in [-0.3, -0.25) is 4.90 Å². The number of nitrogens with zero attached hydrogens (tertiary/aromatic N) is 3. The SMILES string of the molecule is CCNCC1CCCCN1Cc1nc(C)no1. The van der Waals surface area contributed by atoms with Crippen LogP contribution < -0.4 is 5.32 Å². The van der Waals surface area contributed by atoms with Gasteiger partial charge in [-0.15, -0.1) is 0 Å². The Kier molecular flexibility index (Phi) is 4.50. The number of likely N-dealkylation sites (N-methyl/N-ethyl adjacent to an activating group) is 1. The Labute approximate surface area is 103 Å². The van der Waals surface area contributed by atoms with Crippen molar-refractivity contribution >= 4 is 0 Å². The fourth-order valence-corrected chi connectivity index (χ4v) is 2.39. The lowest BCUT2D eigenvalue weighted by atomic mass is 10.0. The molecule has 1 aromatic rings. The third-order valence-electron chi connectivity index (χ3n) is 3.29. The second-order valence-electron chi connectivity index (χ2n) is 4.66. The molecule has 1 fully saturated rings. The van der Waals surface area contributed by atoms with E-state index in [1.165, 1.54) is 19.3 Å². The minimum absolute atomic E-state index is 0.607. The van der Waals surface area contributed by atoms with Crippen molar-refractivity contribution in [3.05, 3.63) is 11.7 Å². The van der Waals surface area contributed by atoms with Gasteiger partial charge in [-0.2, -0.15) is 4.98 Å². The molecular formula is C12H22N4O. The highest BCUT2D eigenvalue weighted by Crippen LogP contribution is 2.18. The zero-order valence-electron chi connectivity index (χ0n) is 10.8. The van der Waals surface area contributed by atoms with Crippen LogP contribution in [0.3, 0.4) is 0 Å². The van der Waals surface area contributed by atoms with E-state index in [-0.39, 0.29) is 0 Å². The van der Waals surface area contributed by atoms with E-state index in [1.54, 1.807) is 0 Å². The van der Waals surface area contributed by atoms with Crippen LogP contribution >= 0.6 is 0 Å². The molecule has 0 aromatic carbocycles. The Bertz CT molecular complexity index is 339. The molecule has 1 aliphatic heterocycles. The summed E-state index contributed by atoms with van der Waals surface area (Å²) in [5, 5.41) is 7.27. The van der Waals surface area contributed by atoms with Gasteiger partial charge in [0.1, 0.15) is 0 Å². The Morgan fingerprint density at radius 3 is 3.06 bits per heavy atom. The van der Waals surface area contributed by atoms with Gasteiger partial charge in [-0.1, -0.05) is 18.5 Å². The Morgan fingerprint density at radius 1 is 1.47 bits per heavy atom. The molecule has 5 nitrogen and oxygen atoms in total. The molecule has 0 aliphatic carbocycles. The Morgan fingerprint density at radius 2 is 2.35 bits per heavy atom. The molecule has 1 atom stereocenters. The topological polar surface area (TPSA) is 54.2 Å². The Hall–Kier alpha value is -0.940. The number of hydrogen-bond acceptors (Lipinski definition) is 5. The quantitative estimate of drug-likeness (QED) is 0.839. The van der Waals surface area contributed by atoms with Gasteiger partial charge >= 0.3 is 0 Å². The summed E-state index contributed by atoms with van der Waals surface area (Å²) in [6, 6.07) is 0.607. The predicted octanol–water partition coefficient (Wildman–Crippen LogP) is 1.34. The lowest BCUT2D eigenvalue weighted by Crippen LogP contribution is -2.45. The first-order valence-electron chi connectivity index (χ1n) is 6.53. The fourth-order valence-electron chi connectivity index (χ4n) is 2.39. The molecule has 1 aliphatic rings. The van der Waals surface area contributed by atoms with E-state index < -0.39 is 0 Å². The van der Waals surface area contributed by atoms with Gasteiger partial charge in [0.2, 0.25) is 5.89 Å². The molecule has 96 valence electrons. The van der Waals surface area contributed by atoms with Gasteiger partial charge in [-0.25, -0.2) is 0 Å². The summed E-state index contributed by atoms with van der Waals surface area (Å²) in [6.45, 7) is 8.02. The number of nitrogens with one attached hydrogen (secondary N) is 1. The summed E-state index contributed by atoms with van der Waals surface area (Å²) in [4.78, 5) is 6.74. The van der Waals surface area contributed by atoms with Crippen LogP contribution in [0.2, 0.25) is 0 Å². The molecule has 1 unspecified atom stereocenters. The molecule has 17 heavy (non-hydrogen) atoms. The van der Waals surface area contributed by atoms with Crippen molar-refractivity contribution < 1.29 is 4.52 Å². The smallest absolute Gasteiger partial charge is 0.240 e. The second kappa shape index (κ2) is 6.12. The van der Waals surface area contributed by atoms with Crippen LogP contribution in [-0.4, -0.2) is 40.7 Å². The van der Waals surface area contributed by atoms with E-state index in [1.807, 2.05) is 6.92 Å².